The Balaban J connectivity index is 1.97. The van der Waals surface area contributed by atoms with Crippen LogP contribution in [0.4, 0.5) is 0 Å². The molecule has 0 saturated heterocycles. The fraction of sp³-hybridized carbons (Fsp3) is 0.235. The van der Waals surface area contributed by atoms with Gasteiger partial charge in [-0.05, 0) is 52.7 Å². The van der Waals surface area contributed by atoms with Gasteiger partial charge in [0.15, 0.2) is 11.5 Å². The van der Waals surface area contributed by atoms with Crippen molar-refractivity contribution in [3.63, 3.8) is 0 Å². The van der Waals surface area contributed by atoms with Crippen LogP contribution in [0.1, 0.15) is 11.1 Å². The molecule has 0 unspecified atom stereocenters. The van der Waals surface area contributed by atoms with Crippen molar-refractivity contribution in [2.24, 2.45) is 5.16 Å². The first kappa shape index (κ1) is 17.1. The number of aryl methyl sites for hydroxylation is 1. The molecule has 0 saturated carbocycles. The fourth-order valence-electron chi connectivity index (χ4n) is 2.03. The molecule has 0 aliphatic rings. The minimum absolute atomic E-state index is 0.371. The Labute approximate surface area is 143 Å². The van der Waals surface area contributed by atoms with E-state index in [1.54, 1.807) is 19.2 Å². The van der Waals surface area contributed by atoms with Gasteiger partial charge >= 0.3 is 0 Å². The summed E-state index contributed by atoms with van der Waals surface area (Å²) in [6, 6.07) is 11.3. The smallest absolute Gasteiger partial charge is 0.175 e. The zero-order valence-corrected chi connectivity index (χ0v) is 14.5. The summed E-state index contributed by atoms with van der Waals surface area (Å²) in [5.41, 5.74) is 1.84. The van der Waals surface area contributed by atoms with Crippen molar-refractivity contribution in [3.8, 4) is 17.2 Å². The van der Waals surface area contributed by atoms with E-state index in [0.717, 1.165) is 11.3 Å². The molecule has 0 aliphatic carbocycles. The summed E-state index contributed by atoms with van der Waals surface area (Å²) in [6.45, 7) is 2.80. The lowest BCUT2D eigenvalue weighted by Gasteiger charge is -2.14. The first-order chi connectivity index (χ1) is 11.1. The second-order valence-corrected chi connectivity index (χ2v) is 5.65. The van der Waals surface area contributed by atoms with Crippen LogP contribution < -0.4 is 14.2 Å². The van der Waals surface area contributed by atoms with Crippen molar-refractivity contribution < 1.29 is 19.4 Å². The molecule has 23 heavy (non-hydrogen) atoms. The monoisotopic (exact) mass is 379 g/mol. The highest BCUT2D eigenvalue weighted by atomic mass is 79.9. The maximum Gasteiger partial charge on any atom is 0.175 e. The number of ether oxygens (including phenoxy) is 3. The molecule has 5 nitrogen and oxygen atoms in total. The second kappa shape index (κ2) is 8.43. The van der Waals surface area contributed by atoms with E-state index in [2.05, 4.69) is 21.1 Å². The Morgan fingerprint density at radius 3 is 2.65 bits per heavy atom. The van der Waals surface area contributed by atoms with Gasteiger partial charge in [-0.1, -0.05) is 17.3 Å². The molecule has 0 aliphatic heterocycles. The maximum absolute atomic E-state index is 8.61. The predicted molar refractivity (Wildman–Crippen MR) is 92.2 cm³/mol. The minimum Gasteiger partial charge on any atom is -0.493 e. The van der Waals surface area contributed by atoms with Crippen LogP contribution >= 0.6 is 15.9 Å². The van der Waals surface area contributed by atoms with E-state index in [1.165, 1.54) is 6.21 Å². The molecule has 0 amide bonds. The van der Waals surface area contributed by atoms with Gasteiger partial charge in [-0.25, -0.2) is 0 Å². The number of hydrogen-bond donors (Lipinski definition) is 1. The van der Waals surface area contributed by atoms with Crippen LogP contribution in [0.2, 0.25) is 0 Å². The first-order valence-electron chi connectivity index (χ1n) is 7.01. The Kier molecular flexibility index (Phi) is 6.29. The van der Waals surface area contributed by atoms with E-state index in [9.17, 15) is 0 Å². The summed E-state index contributed by atoms with van der Waals surface area (Å²) < 4.78 is 17.4. The van der Waals surface area contributed by atoms with E-state index in [0.29, 0.717) is 34.7 Å². The summed E-state index contributed by atoms with van der Waals surface area (Å²) >= 11 is 3.43. The Morgan fingerprint density at radius 1 is 1.17 bits per heavy atom. The molecule has 0 bridgehead atoms. The highest BCUT2D eigenvalue weighted by molar-refractivity contribution is 9.10. The van der Waals surface area contributed by atoms with Crippen molar-refractivity contribution in [2.45, 2.75) is 6.92 Å². The minimum atomic E-state index is 0.371. The fourth-order valence-corrected chi connectivity index (χ4v) is 2.60. The highest BCUT2D eigenvalue weighted by Gasteiger charge is 2.11. The molecule has 0 spiro atoms. The Morgan fingerprint density at radius 2 is 1.96 bits per heavy atom. The number of rotatable bonds is 7. The number of hydrogen-bond acceptors (Lipinski definition) is 5. The van der Waals surface area contributed by atoms with Crippen LogP contribution in [0.3, 0.4) is 0 Å². The Bertz CT molecular complexity index is 688. The average molecular weight is 380 g/mol. The largest absolute Gasteiger partial charge is 0.493 e. The molecule has 2 rings (SSSR count). The zero-order chi connectivity index (χ0) is 16.7. The third-order valence-electron chi connectivity index (χ3n) is 3.05. The molecule has 122 valence electrons. The van der Waals surface area contributed by atoms with Crippen molar-refractivity contribution in [2.75, 3.05) is 20.3 Å². The number of halogens is 1. The molecule has 0 aromatic heterocycles. The second-order valence-electron chi connectivity index (χ2n) is 4.79. The predicted octanol–water partition coefficient (Wildman–Crippen LogP) is 4.03. The standard InChI is InChI=1S/C17H18BrNO4/c1-12-4-3-5-14(8-12)22-6-7-23-17-15(18)9-13(11-19-20)10-16(17)21-2/h3-5,8-11,20H,6-7H2,1-2H3. The molecule has 2 aromatic carbocycles. The molecule has 0 heterocycles. The number of methoxy groups -OCH3 is 1. The Hall–Kier alpha value is -2.21. The summed E-state index contributed by atoms with van der Waals surface area (Å²) in [5.74, 6) is 1.94. The SMILES string of the molecule is COc1cc(C=NO)cc(Br)c1OCCOc1cccc(C)c1. The molecular formula is C17H18BrNO4. The lowest BCUT2D eigenvalue weighted by Crippen LogP contribution is -2.10. The quantitative estimate of drug-likeness (QED) is 0.341. The van der Waals surface area contributed by atoms with Gasteiger partial charge in [0.2, 0.25) is 0 Å². The number of nitrogens with zero attached hydrogens (tertiary/aromatic N) is 1. The third kappa shape index (κ3) is 4.89. The average Bonchev–Trinajstić information content (AvgIpc) is 2.53. The highest BCUT2D eigenvalue weighted by Crippen LogP contribution is 2.36. The zero-order valence-electron chi connectivity index (χ0n) is 13.0. The van der Waals surface area contributed by atoms with Crippen molar-refractivity contribution in [3.05, 3.63) is 52.0 Å². The van der Waals surface area contributed by atoms with E-state index >= 15 is 0 Å². The van der Waals surface area contributed by atoms with Crippen LogP contribution in [0.5, 0.6) is 17.2 Å². The molecule has 0 radical (unpaired) electrons. The molecular weight excluding hydrogens is 362 g/mol. The summed E-state index contributed by atoms with van der Waals surface area (Å²) in [5, 5.41) is 11.6. The lowest BCUT2D eigenvalue weighted by atomic mass is 10.2. The molecule has 0 fully saturated rings. The summed E-state index contributed by atoms with van der Waals surface area (Å²) in [7, 11) is 1.55. The van der Waals surface area contributed by atoms with Crippen LogP contribution in [-0.4, -0.2) is 31.7 Å². The lowest BCUT2D eigenvalue weighted by molar-refractivity contribution is 0.210. The van der Waals surface area contributed by atoms with Gasteiger partial charge in [0.25, 0.3) is 0 Å². The van der Waals surface area contributed by atoms with Gasteiger partial charge in [-0.3, -0.25) is 0 Å². The maximum atomic E-state index is 8.61. The van der Waals surface area contributed by atoms with Gasteiger partial charge < -0.3 is 19.4 Å². The molecule has 0 atom stereocenters. The van der Waals surface area contributed by atoms with Crippen LogP contribution in [0.25, 0.3) is 0 Å². The van der Waals surface area contributed by atoms with Gasteiger partial charge in [0.05, 0.1) is 17.8 Å². The summed E-state index contributed by atoms with van der Waals surface area (Å²) in [6.07, 6.45) is 1.32. The van der Waals surface area contributed by atoms with Crippen LogP contribution in [0, 0.1) is 6.92 Å². The topological polar surface area (TPSA) is 60.3 Å². The third-order valence-corrected chi connectivity index (χ3v) is 3.64. The normalized spacial score (nSPS) is 10.7. The van der Waals surface area contributed by atoms with E-state index < -0.39 is 0 Å². The number of benzene rings is 2. The molecule has 2 aromatic rings. The van der Waals surface area contributed by atoms with Crippen LogP contribution in [-0.2, 0) is 0 Å². The van der Waals surface area contributed by atoms with Gasteiger partial charge in [0.1, 0.15) is 19.0 Å². The molecule has 1 N–H and O–H groups in total. The van der Waals surface area contributed by atoms with E-state index in [4.69, 9.17) is 19.4 Å². The number of oxime groups is 1. The van der Waals surface area contributed by atoms with Crippen molar-refractivity contribution in [1.82, 2.24) is 0 Å². The van der Waals surface area contributed by atoms with Crippen molar-refractivity contribution in [1.29, 1.82) is 0 Å². The van der Waals surface area contributed by atoms with E-state index in [1.807, 2.05) is 31.2 Å². The van der Waals surface area contributed by atoms with Gasteiger partial charge in [-0.15, -0.1) is 0 Å². The van der Waals surface area contributed by atoms with Crippen molar-refractivity contribution >= 4 is 22.1 Å². The van der Waals surface area contributed by atoms with Crippen LogP contribution in [0.15, 0.2) is 46.0 Å². The van der Waals surface area contributed by atoms with E-state index in [-0.39, 0.29) is 0 Å². The summed E-state index contributed by atoms with van der Waals surface area (Å²) in [4.78, 5) is 0. The van der Waals surface area contributed by atoms with Gasteiger partial charge in [0, 0.05) is 5.56 Å². The molecule has 6 heteroatoms. The van der Waals surface area contributed by atoms with Gasteiger partial charge in [-0.2, -0.15) is 0 Å². The first-order valence-corrected chi connectivity index (χ1v) is 7.80.